The van der Waals surface area contributed by atoms with E-state index in [0.29, 0.717) is 5.89 Å². The first-order valence-electron chi connectivity index (χ1n) is 1.86. The molecule has 0 aliphatic carbocycles. The SMILES string of the molecule is Cc1nc(Br)co1.Cl. The van der Waals surface area contributed by atoms with Crippen LogP contribution < -0.4 is 0 Å². The van der Waals surface area contributed by atoms with E-state index in [2.05, 4.69) is 20.9 Å². The van der Waals surface area contributed by atoms with Crippen LogP contribution in [0.2, 0.25) is 0 Å². The first-order chi connectivity index (χ1) is 3.29. The molecule has 4 heteroatoms. The second-order valence-corrected chi connectivity index (χ2v) is 2.00. The maximum atomic E-state index is 4.81. The number of aryl methyl sites for hydroxylation is 1. The summed E-state index contributed by atoms with van der Waals surface area (Å²) < 4.78 is 5.56. The van der Waals surface area contributed by atoms with E-state index in [9.17, 15) is 0 Å². The molecule has 0 radical (unpaired) electrons. The van der Waals surface area contributed by atoms with Crippen LogP contribution in [0.15, 0.2) is 15.3 Å². The third-order valence-electron chi connectivity index (χ3n) is 0.591. The lowest BCUT2D eigenvalue weighted by molar-refractivity contribution is 0.521. The van der Waals surface area contributed by atoms with Gasteiger partial charge >= 0.3 is 0 Å². The fourth-order valence-corrected chi connectivity index (χ4v) is 0.680. The second-order valence-electron chi connectivity index (χ2n) is 1.19. The Balaban J connectivity index is 0.000000490. The number of nitrogens with zero attached hydrogens (tertiary/aromatic N) is 1. The minimum atomic E-state index is 0. The zero-order valence-electron chi connectivity index (χ0n) is 4.22. The van der Waals surface area contributed by atoms with Crippen LogP contribution >= 0.6 is 28.3 Å². The van der Waals surface area contributed by atoms with Gasteiger partial charge in [-0.3, -0.25) is 0 Å². The van der Waals surface area contributed by atoms with Crippen LogP contribution in [0.1, 0.15) is 5.89 Å². The average Bonchev–Trinajstić information content (AvgIpc) is 1.87. The third kappa shape index (κ3) is 1.84. The molecule has 0 N–H and O–H groups in total. The lowest BCUT2D eigenvalue weighted by Crippen LogP contribution is -1.63. The Bertz CT molecular complexity index is 148. The van der Waals surface area contributed by atoms with Crippen molar-refractivity contribution in [3.8, 4) is 0 Å². The Labute approximate surface area is 61.8 Å². The predicted molar refractivity (Wildman–Crippen MR) is 36.2 cm³/mol. The molecule has 1 aromatic heterocycles. The van der Waals surface area contributed by atoms with Crippen LogP contribution in [0.5, 0.6) is 0 Å². The standard InChI is InChI=1S/C4H4BrNO.ClH/c1-3-6-4(5)2-7-3;/h2H,1H3;1H. The first-order valence-corrected chi connectivity index (χ1v) is 2.66. The smallest absolute Gasteiger partial charge is 0.191 e. The van der Waals surface area contributed by atoms with Crippen LogP contribution in [0.4, 0.5) is 0 Å². The molecule has 0 fully saturated rings. The molecule has 0 saturated heterocycles. The van der Waals surface area contributed by atoms with Crippen molar-refractivity contribution in [2.24, 2.45) is 0 Å². The fourth-order valence-electron chi connectivity index (χ4n) is 0.337. The van der Waals surface area contributed by atoms with Gasteiger partial charge in [0.1, 0.15) is 10.9 Å². The van der Waals surface area contributed by atoms with Gasteiger partial charge in [-0.15, -0.1) is 12.4 Å². The van der Waals surface area contributed by atoms with Gasteiger partial charge in [0.2, 0.25) is 0 Å². The number of hydrogen-bond acceptors (Lipinski definition) is 2. The highest BCUT2D eigenvalue weighted by molar-refractivity contribution is 9.10. The van der Waals surface area contributed by atoms with E-state index in [1.165, 1.54) is 0 Å². The van der Waals surface area contributed by atoms with Crippen LogP contribution in [0, 0.1) is 6.92 Å². The lowest BCUT2D eigenvalue weighted by Gasteiger charge is -1.68. The van der Waals surface area contributed by atoms with Crippen molar-refractivity contribution in [3.05, 3.63) is 16.8 Å². The molecule has 0 saturated carbocycles. The Morgan fingerprint density at radius 3 is 2.50 bits per heavy atom. The Kier molecular flexibility index (Phi) is 3.09. The Morgan fingerprint density at radius 1 is 1.75 bits per heavy atom. The number of oxazole rings is 1. The summed E-state index contributed by atoms with van der Waals surface area (Å²) in [5.41, 5.74) is 0. The Morgan fingerprint density at radius 2 is 2.38 bits per heavy atom. The van der Waals surface area contributed by atoms with Crippen molar-refractivity contribution >= 4 is 28.3 Å². The Hall–Kier alpha value is -0.0200. The quantitative estimate of drug-likeness (QED) is 0.638. The van der Waals surface area contributed by atoms with Gasteiger partial charge in [-0.05, 0) is 15.9 Å². The normalized spacial score (nSPS) is 8.25. The first kappa shape index (κ1) is 7.98. The molecule has 0 bridgehead atoms. The summed E-state index contributed by atoms with van der Waals surface area (Å²) in [6.07, 6.45) is 1.55. The molecular formula is C4H5BrClNO. The zero-order chi connectivity index (χ0) is 5.28. The highest BCUT2D eigenvalue weighted by Gasteiger charge is 1.89. The van der Waals surface area contributed by atoms with Gasteiger partial charge in [0, 0.05) is 6.92 Å². The van der Waals surface area contributed by atoms with E-state index in [0.717, 1.165) is 4.60 Å². The van der Waals surface area contributed by atoms with Gasteiger partial charge in [0.25, 0.3) is 0 Å². The molecule has 0 unspecified atom stereocenters. The molecule has 0 aliphatic rings. The fraction of sp³-hybridized carbons (Fsp3) is 0.250. The van der Waals surface area contributed by atoms with Crippen molar-refractivity contribution in [2.45, 2.75) is 6.92 Å². The van der Waals surface area contributed by atoms with E-state index in [1.54, 1.807) is 13.2 Å². The zero-order valence-corrected chi connectivity index (χ0v) is 6.62. The topological polar surface area (TPSA) is 26.0 Å². The van der Waals surface area contributed by atoms with Crippen molar-refractivity contribution in [2.75, 3.05) is 0 Å². The summed E-state index contributed by atoms with van der Waals surface area (Å²) in [7, 11) is 0. The number of rotatable bonds is 0. The molecular weight excluding hydrogens is 193 g/mol. The third-order valence-corrected chi connectivity index (χ3v) is 0.955. The number of hydrogen-bond donors (Lipinski definition) is 0. The number of halogens is 2. The van der Waals surface area contributed by atoms with E-state index in [4.69, 9.17) is 4.42 Å². The maximum Gasteiger partial charge on any atom is 0.191 e. The summed E-state index contributed by atoms with van der Waals surface area (Å²) in [5.74, 6) is 0.687. The summed E-state index contributed by atoms with van der Waals surface area (Å²) >= 11 is 3.13. The molecule has 0 atom stereocenters. The van der Waals surface area contributed by atoms with Gasteiger partial charge in [-0.1, -0.05) is 0 Å². The van der Waals surface area contributed by atoms with Gasteiger partial charge in [-0.2, -0.15) is 0 Å². The summed E-state index contributed by atoms with van der Waals surface area (Å²) in [6.45, 7) is 1.80. The second kappa shape index (κ2) is 3.10. The van der Waals surface area contributed by atoms with Gasteiger partial charge in [0.05, 0.1) is 0 Å². The summed E-state index contributed by atoms with van der Waals surface area (Å²) in [4.78, 5) is 3.86. The molecule has 1 heterocycles. The van der Waals surface area contributed by atoms with Crippen LogP contribution in [-0.4, -0.2) is 4.98 Å². The largest absolute Gasteiger partial charge is 0.448 e. The van der Waals surface area contributed by atoms with Gasteiger partial charge in [0.15, 0.2) is 5.89 Å². The molecule has 0 amide bonds. The minimum Gasteiger partial charge on any atom is -0.448 e. The van der Waals surface area contributed by atoms with E-state index in [-0.39, 0.29) is 12.4 Å². The molecule has 1 aromatic rings. The van der Waals surface area contributed by atoms with E-state index in [1.807, 2.05) is 0 Å². The van der Waals surface area contributed by atoms with Crippen molar-refractivity contribution in [1.29, 1.82) is 0 Å². The monoisotopic (exact) mass is 197 g/mol. The maximum absolute atomic E-state index is 4.81. The number of aromatic nitrogens is 1. The van der Waals surface area contributed by atoms with Crippen LogP contribution in [-0.2, 0) is 0 Å². The highest BCUT2D eigenvalue weighted by Crippen LogP contribution is 2.06. The molecule has 8 heavy (non-hydrogen) atoms. The molecule has 0 aliphatic heterocycles. The van der Waals surface area contributed by atoms with Gasteiger partial charge in [-0.25, -0.2) is 4.98 Å². The molecule has 46 valence electrons. The van der Waals surface area contributed by atoms with Crippen molar-refractivity contribution in [1.82, 2.24) is 4.98 Å². The van der Waals surface area contributed by atoms with Crippen LogP contribution in [0.25, 0.3) is 0 Å². The van der Waals surface area contributed by atoms with Crippen molar-refractivity contribution in [3.63, 3.8) is 0 Å². The van der Waals surface area contributed by atoms with E-state index >= 15 is 0 Å². The van der Waals surface area contributed by atoms with Crippen molar-refractivity contribution < 1.29 is 4.42 Å². The predicted octanol–water partition coefficient (Wildman–Crippen LogP) is 2.17. The molecule has 1 rings (SSSR count). The average molecular weight is 198 g/mol. The molecule has 0 spiro atoms. The highest BCUT2D eigenvalue weighted by atomic mass is 79.9. The van der Waals surface area contributed by atoms with Gasteiger partial charge < -0.3 is 4.42 Å². The minimum absolute atomic E-state index is 0. The lowest BCUT2D eigenvalue weighted by atomic mass is 10.8. The molecule has 0 aromatic carbocycles. The molecule has 2 nitrogen and oxygen atoms in total. The summed E-state index contributed by atoms with van der Waals surface area (Å²) in [5, 5.41) is 0. The summed E-state index contributed by atoms with van der Waals surface area (Å²) in [6, 6.07) is 0. The van der Waals surface area contributed by atoms with E-state index < -0.39 is 0 Å². The van der Waals surface area contributed by atoms with Crippen LogP contribution in [0.3, 0.4) is 0 Å².